The fourth-order valence-electron chi connectivity index (χ4n) is 3.69. The number of benzene rings is 2. The molecule has 0 radical (unpaired) electrons. The van der Waals surface area contributed by atoms with Crippen LogP contribution in [0.5, 0.6) is 11.5 Å². The molecule has 3 nitrogen and oxygen atoms in total. The maximum atomic E-state index is 14.3. The van der Waals surface area contributed by atoms with E-state index in [0.29, 0.717) is 19.1 Å². The van der Waals surface area contributed by atoms with Crippen molar-refractivity contribution < 1.29 is 23.0 Å². The number of rotatable bonds is 10. The molecule has 2 aromatic rings. The van der Waals surface area contributed by atoms with Crippen molar-refractivity contribution in [3.05, 3.63) is 59.2 Å². The maximum Gasteiger partial charge on any atom is 0.204 e. The minimum atomic E-state index is -1.01. The Morgan fingerprint density at radius 1 is 0.900 bits per heavy atom. The van der Waals surface area contributed by atoms with Crippen LogP contribution in [-0.2, 0) is 11.2 Å². The number of aryl methyl sites for hydroxylation is 1. The van der Waals surface area contributed by atoms with Crippen LogP contribution in [0.2, 0.25) is 0 Å². The highest BCUT2D eigenvalue weighted by Crippen LogP contribution is 2.31. The number of ether oxygens (including phenoxy) is 3. The average molecular weight is 419 g/mol. The molecule has 0 N–H and O–H groups in total. The predicted molar refractivity (Wildman–Crippen MR) is 114 cm³/mol. The third kappa shape index (κ3) is 5.94. The average Bonchev–Trinajstić information content (AvgIpc) is 2.77. The van der Waals surface area contributed by atoms with Gasteiger partial charge in [-0.25, -0.2) is 0 Å². The zero-order chi connectivity index (χ0) is 21.3. The first-order valence-electron chi connectivity index (χ1n) is 11.1. The molecule has 30 heavy (non-hydrogen) atoms. The Morgan fingerprint density at radius 2 is 1.60 bits per heavy atom. The molecule has 5 heteroatoms. The number of unbranched alkanes of at least 4 members (excludes halogenated alkanes) is 1. The molecule has 3 rings (SSSR count). The van der Waals surface area contributed by atoms with Crippen LogP contribution in [-0.4, -0.2) is 25.9 Å². The first-order valence-corrected chi connectivity index (χ1v) is 11.1. The van der Waals surface area contributed by atoms with Gasteiger partial charge in [-0.1, -0.05) is 51.0 Å². The summed E-state index contributed by atoms with van der Waals surface area (Å²) in [6.45, 7) is 5.37. The number of hydrogen-bond acceptors (Lipinski definition) is 3. The molecule has 2 unspecified atom stereocenters. The van der Waals surface area contributed by atoms with Crippen LogP contribution < -0.4 is 9.47 Å². The lowest BCUT2D eigenvalue weighted by Crippen LogP contribution is -2.29. The molecule has 1 aliphatic heterocycles. The Labute approximate surface area is 178 Å². The molecule has 164 valence electrons. The van der Waals surface area contributed by atoms with E-state index in [0.717, 1.165) is 38.5 Å². The zero-order valence-electron chi connectivity index (χ0n) is 18.0. The van der Waals surface area contributed by atoms with Crippen molar-refractivity contribution >= 4 is 0 Å². The minimum absolute atomic E-state index is 0.0741. The normalized spacial score (nSPS) is 18.9. The smallest absolute Gasteiger partial charge is 0.204 e. The summed E-state index contributed by atoms with van der Waals surface area (Å²) in [6, 6.07) is 11.6. The SMILES string of the molecule is CCCCOc1ccc(OCC2CCC(c3ccc(CCC)cc3)CO2)c(F)c1F. The molecule has 1 aliphatic rings. The second-order valence-corrected chi connectivity index (χ2v) is 7.92. The van der Waals surface area contributed by atoms with Gasteiger partial charge in [0, 0.05) is 5.92 Å². The molecule has 1 saturated heterocycles. The van der Waals surface area contributed by atoms with Crippen LogP contribution in [0, 0.1) is 11.6 Å². The monoisotopic (exact) mass is 418 g/mol. The Hall–Kier alpha value is -2.14. The molecule has 2 aromatic carbocycles. The van der Waals surface area contributed by atoms with Gasteiger partial charge in [-0.05, 0) is 48.9 Å². The molecule has 0 aliphatic carbocycles. The minimum Gasteiger partial charge on any atom is -0.490 e. The van der Waals surface area contributed by atoms with Crippen molar-refractivity contribution in [3.63, 3.8) is 0 Å². The molecule has 0 amide bonds. The van der Waals surface area contributed by atoms with E-state index in [9.17, 15) is 8.78 Å². The van der Waals surface area contributed by atoms with Gasteiger partial charge < -0.3 is 14.2 Å². The molecule has 1 heterocycles. The van der Waals surface area contributed by atoms with Crippen molar-refractivity contribution in [2.45, 2.75) is 64.4 Å². The topological polar surface area (TPSA) is 27.7 Å². The summed E-state index contributed by atoms with van der Waals surface area (Å²) in [5.74, 6) is -1.82. The zero-order valence-corrected chi connectivity index (χ0v) is 18.0. The van der Waals surface area contributed by atoms with E-state index in [1.165, 1.54) is 23.3 Å². The standard InChI is InChI=1S/C25H32F2O3/c1-3-5-15-28-22-13-14-23(25(27)24(22)26)30-17-21-12-11-20(16-29-21)19-9-7-18(6-4-2)8-10-19/h7-10,13-14,20-21H,3-6,11-12,15-17H2,1-2H3. The fourth-order valence-corrected chi connectivity index (χ4v) is 3.69. The van der Waals surface area contributed by atoms with Gasteiger partial charge in [0.2, 0.25) is 11.6 Å². The highest BCUT2D eigenvalue weighted by Gasteiger charge is 2.24. The van der Waals surface area contributed by atoms with Gasteiger partial charge in [-0.15, -0.1) is 0 Å². The van der Waals surface area contributed by atoms with Crippen molar-refractivity contribution in [2.75, 3.05) is 19.8 Å². The highest BCUT2D eigenvalue weighted by molar-refractivity contribution is 5.35. The van der Waals surface area contributed by atoms with Gasteiger partial charge in [-0.3, -0.25) is 0 Å². The van der Waals surface area contributed by atoms with E-state index >= 15 is 0 Å². The quantitative estimate of drug-likeness (QED) is 0.416. The molecule has 1 fully saturated rings. The van der Waals surface area contributed by atoms with Crippen LogP contribution in [0.4, 0.5) is 8.78 Å². The summed E-state index contributed by atoms with van der Waals surface area (Å²) in [4.78, 5) is 0. The summed E-state index contributed by atoms with van der Waals surface area (Å²) >= 11 is 0. The van der Waals surface area contributed by atoms with Gasteiger partial charge in [0.25, 0.3) is 0 Å². The van der Waals surface area contributed by atoms with Crippen molar-refractivity contribution in [2.24, 2.45) is 0 Å². The Bertz CT molecular complexity index is 784. The van der Waals surface area contributed by atoms with Crippen LogP contribution in [0.15, 0.2) is 36.4 Å². The third-order valence-electron chi connectivity index (χ3n) is 5.55. The number of halogens is 2. The van der Waals surface area contributed by atoms with E-state index in [2.05, 4.69) is 31.2 Å². The lowest BCUT2D eigenvalue weighted by Gasteiger charge is -2.29. The summed E-state index contributed by atoms with van der Waals surface area (Å²) in [5, 5.41) is 0. The molecular formula is C25H32F2O3. The Morgan fingerprint density at radius 3 is 2.20 bits per heavy atom. The van der Waals surface area contributed by atoms with Crippen LogP contribution >= 0.6 is 0 Å². The molecular weight excluding hydrogens is 386 g/mol. The van der Waals surface area contributed by atoms with Gasteiger partial charge in [0.15, 0.2) is 11.5 Å². The highest BCUT2D eigenvalue weighted by atomic mass is 19.2. The van der Waals surface area contributed by atoms with Gasteiger partial charge in [-0.2, -0.15) is 8.78 Å². The van der Waals surface area contributed by atoms with E-state index in [1.54, 1.807) is 0 Å². The summed E-state index contributed by atoms with van der Waals surface area (Å²) in [5.41, 5.74) is 2.65. The Balaban J connectivity index is 1.48. The van der Waals surface area contributed by atoms with Crippen LogP contribution in [0.25, 0.3) is 0 Å². The van der Waals surface area contributed by atoms with E-state index in [1.807, 2.05) is 6.92 Å². The van der Waals surface area contributed by atoms with E-state index in [4.69, 9.17) is 14.2 Å². The van der Waals surface area contributed by atoms with Crippen LogP contribution in [0.3, 0.4) is 0 Å². The fraction of sp³-hybridized carbons (Fsp3) is 0.520. The van der Waals surface area contributed by atoms with Gasteiger partial charge in [0.1, 0.15) is 6.61 Å². The third-order valence-corrected chi connectivity index (χ3v) is 5.55. The largest absolute Gasteiger partial charge is 0.490 e. The summed E-state index contributed by atoms with van der Waals surface area (Å²) in [7, 11) is 0. The molecule has 2 atom stereocenters. The second kappa shape index (κ2) is 11.3. The summed E-state index contributed by atoms with van der Waals surface area (Å²) in [6.07, 6.45) is 5.66. The molecule has 0 saturated carbocycles. The van der Waals surface area contributed by atoms with Gasteiger partial charge >= 0.3 is 0 Å². The Kier molecular flexibility index (Phi) is 8.50. The van der Waals surface area contributed by atoms with E-state index < -0.39 is 11.6 Å². The van der Waals surface area contributed by atoms with E-state index in [-0.39, 0.29) is 24.2 Å². The lowest BCUT2D eigenvalue weighted by molar-refractivity contribution is -0.0219. The molecule has 0 bridgehead atoms. The predicted octanol–water partition coefficient (Wildman–Crippen LogP) is 6.44. The first kappa shape index (κ1) is 22.5. The molecule has 0 spiro atoms. The van der Waals surface area contributed by atoms with Crippen molar-refractivity contribution in [1.29, 1.82) is 0 Å². The second-order valence-electron chi connectivity index (χ2n) is 7.92. The molecule has 0 aromatic heterocycles. The summed E-state index contributed by atoms with van der Waals surface area (Å²) < 4.78 is 45.2. The maximum absolute atomic E-state index is 14.3. The van der Waals surface area contributed by atoms with Crippen molar-refractivity contribution in [1.82, 2.24) is 0 Å². The van der Waals surface area contributed by atoms with Crippen molar-refractivity contribution in [3.8, 4) is 11.5 Å². The lowest BCUT2D eigenvalue weighted by atomic mass is 9.90. The first-order chi connectivity index (χ1) is 14.6. The van der Waals surface area contributed by atoms with Gasteiger partial charge in [0.05, 0.1) is 19.3 Å². The number of hydrogen-bond donors (Lipinski definition) is 0. The van der Waals surface area contributed by atoms with Crippen LogP contribution in [0.1, 0.15) is 63.0 Å².